The van der Waals surface area contributed by atoms with Crippen LogP contribution in [0.25, 0.3) is 0 Å². The number of aryl methyl sites for hydroxylation is 2. The predicted octanol–water partition coefficient (Wildman–Crippen LogP) is 2.63. The van der Waals surface area contributed by atoms with E-state index < -0.39 is 0 Å². The van der Waals surface area contributed by atoms with Gasteiger partial charge in [-0.25, -0.2) is 0 Å². The summed E-state index contributed by atoms with van der Waals surface area (Å²) in [6, 6.07) is 2.14. The third-order valence-corrected chi connectivity index (χ3v) is 3.08. The molecule has 1 aliphatic rings. The number of thiophene rings is 1. The van der Waals surface area contributed by atoms with E-state index in [4.69, 9.17) is 5.73 Å². The molecule has 2 rings (SSSR count). The fraction of sp³-hybridized carbons (Fsp3) is 0.500. The molecule has 62 valence electrons. The van der Waals surface area contributed by atoms with E-state index in [9.17, 15) is 0 Å². The minimum absolute atomic E-state index is 0. The van der Waals surface area contributed by atoms with Crippen molar-refractivity contribution in [2.75, 3.05) is 5.73 Å². The average molecular weight is 190 g/mol. The summed E-state index contributed by atoms with van der Waals surface area (Å²) in [6.45, 7) is 0. The van der Waals surface area contributed by atoms with Gasteiger partial charge in [0.25, 0.3) is 0 Å². The highest BCUT2D eigenvalue weighted by atomic mass is 35.5. The van der Waals surface area contributed by atoms with Crippen molar-refractivity contribution in [1.29, 1.82) is 0 Å². The first-order chi connectivity index (χ1) is 4.86. The Morgan fingerprint density at radius 1 is 1.27 bits per heavy atom. The van der Waals surface area contributed by atoms with Gasteiger partial charge >= 0.3 is 0 Å². The molecule has 0 atom stereocenters. The van der Waals surface area contributed by atoms with E-state index in [0.29, 0.717) is 0 Å². The molecule has 0 aliphatic heterocycles. The molecule has 0 fully saturated rings. The van der Waals surface area contributed by atoms with Crippen LogP contribution in [0.3, 0.4) is 0 Å². The summed E-state index contributed by atoms with van der Waals surface area (Å²) in [7, 11) is 0. The Balaban J connectivity index is 0.000000605. The van der Waals surface area contributed by atoms with Crippen LogP contribution in [0.4, 0.5) is 5.00 Å². The van der Waals surface area contributed by atoms with Gasteiger partial charge in [-0.2, -0.15) is 0 Å². The maximum absolute atomic E-state index is 5.68. The molecule has 1 aromatic heterocycles. The fourth-order valence-electron chi connectivity index (χ4n) is 1.51. The van der Waals surface area contributed by atoms with Gasteiger partial charge in [-0.05, 0) is 37.3 Å². The lowest BCUT2D eigenvalue weighted by molar-refractivity contribution is 0.697. The quantitative estimate of drug-likeness (QED) is 0.667. The summed E-state index contributed by atoms with van der Waals surface area (Å²) in [5.74, 6) is 0. The number of halogens is 1. The molecule has 1 heterocycles. The molecule has 0 spiro atoms. The van der Waals surface area contributed by atoms with E-state index in [-0.39, 0.29) is 12.4 Å². The number of nitrogen functional groups attached to an aromatic ring is 1. The molecule has 0 radical (unpaired) electrons. The lowest BCUT2D eigenvalue weighted by Crippen LogP contribution is -1.96. The average Bonchev–Trinajstić information content (AvgIpc) is 2.27. The van der Waals surface area contributed by atoms with Crippen LogP contribution in [-0.4, -0.2) is 0 Å². The van der Waals surface area contributed by atoms with E-state index in [1.165, 1.54) is 36.1 Å². The van der Waals surface area contributed by atoms with Crippen molar-refractivity contribution in [1.82, 2.24) is 0 Å². The van der Waals surface area contributed by atoms with Crippen LogP contribution >= 0.6 is 23.7 Å². The van der Waals surface area contributed by atoms with Crippen LogP contribution < -0.4 is 5.73 Å². The second kappa shape index (κ2) is 3.46. The maximum atomic E-state index is 5.68. The van der Waals surface area contributed by atoms with Crippen molar-refractivity contribution in [2.24, 2.45) is 0 Å². The van der Waals surface area contributed by atoms with Crippen molar-refractivity contribution >= 4 is 28.7 Å². The van der Waals surface area contributed by atoms with Crippen molar-refractivity contribution in [3.05, 3.63) is 16.5 Å². The van der Waals surface area contributed by atoms with Crippen LogP contribution in [0.1, 0.15) is 23.3 Å². The van der Waals surface area contributed by atoms with E-state index in [1.807, 2.05) is 0 Å². The zero-order valence-electron chi connectivity index (χ0n) is 6.30. The standard InChI is InChI=1S/C8H11NS.ClH/c9-8-5-6-3-1-2-4-7(6)10-8;/h5H,1-4,9H2;1H. The van der Waals surface area contributed by atoms with Gasteiger partial charge in [-0.15, -0.1) is 23.7 Å². The molecule has 0 bridgehead atoms. The Morgan fingerprint density at radius 3 is 2.73 bits per heavy atom. The summed E-state index contributed by atoms with van der Waals surface area (Å²) < 4.78 is 0. The molecule has 1 nitrogen and oxygen atoms in total. The van der Waals surface area contributed by atoms with E-state index in [0.717, 1.165) is 5.00 Å². The number of rotatable bonds is 0. The second-order valence-corrected chi connectivity index (χ2v) is 3.97. The van der Waals surface area contributed by atoms with Crippen LogP contribution in [0, 0.1) is 0 Å². The molecule has 2 N–H and O–H groups in total. The topological polar surface area (TPSA) is 26.0 Å². The van der Waals surface area contributed by atoms with Crippen LogP contribution in [-0.2, 0) is 12.8 Å². The zero-order valence-corrected chi connectivity index (χ0v) is 7.93. The molecule has 3 heteroatoms. The fourth-order valence-corrected chi connectivity index (χ4v) is 2.54. The van der Waals surface area contributed by atoms with Gasteiger partial charge < -0.3 is 5.73 Å². The van der Waals surface area contributed by atoms with Crippen LogP contribution in [0.15, 0.2) is 6.07 Å². The van der Waals surface area contributed by atoms with Gasteiger partial charge in [-0.1, -0.05) is 0 Å². The Bertz CT molecular complexity index is 221. The molecular formula is C8H12ClNS. The number of anilines is 1. The largest absolute Gasteiger partial charge is 0.391 e. The maximum Gasteiger partial charge on any atom is 0.0862 e. The van der Waals surface area contributed by atoms with Crippen molar-refractivity contribution in [2.45, 2.75) is 25.7 Å². The molecular weight excluding hydrogens is 178 g/mol. The van der Waals surface area contributed by atoms with Crippen molar-refractivity contribution < 1.29 is 0 Å². The van der Waals surface area contributed by atoms with Crippen molar-refractivity contribution in [3.8, 4) is 0 Å². The molecule has 11 heavy (non-hydrogen) atoms. The highest BCUT2D eigenvalue weighted by Crippen LogP contribution is 2.30. The molecule has 0 saturated heterocycles. The molecule has 1 aromatic rings. The molecule has 0 aromatic carbocycles. The zero-order chi connectivity index (χ0) is 6.97. The van der Waals surface area contributed by atoms with Crippen LogP contribution in [0.2, 0.25) is 0 Å². The Kier molecular flexibility index (Phi) is 2.79. The van der Waals surface area contributed by atoms with Gasteiger partial charge in [0, 0.05) is 4.88 Å². The highest BCUT2D eigenvalue weighted by Gasteiger charge is 2.11. The minimum Gasteiger partial charge on any atom is -0.391 e. The number of fused-ring (bicyclic) bond motifs is 1. The first-order valence-electron chi connectivity index (χ1n) is 3.73. The van der Waals surface area contributed by atoms with Gasteiger partial charge in [0.2, 0.25) is 0 Å². The van der Waals surface area contributed by atoms with Crippen LogP contribution in [0.5, 0.6) is 0 Å². The smallest absolute Gasteiger partial charge is 0.0862 e. The summed E-state index contributed by atoms with van der Waals surface area (Å²) >= 11 is 1.77. The van der Waals surface area contributed by atoms with Gasteiger partial charge in [0.15, 0.2) is 0 Å². The lowest BCUT2D eigenvalue weighted by atomic mass is 10.00. The Hall–Kier alpha value is -0.210. The highest BCUT2D eigenvalue weighted by molar-refractivity contribution is 7.16. The van der Waals surface area contributed by atoms with Gasteiger partial charge in [0.1, 0.15) is 0 Å². The number of nitrogens with two attached hydrogens (primary N) is 1. The monoisotopic (exact) mass is 189 g/mol. The van der Waals surface area contributed by atoms with E-state index in [1.54, 1.807) is 11.3 Å². The third-order valence-electron chi connectivity index (χ3n) is 2.02. The summed E-state index contributed by atoms with van der Waals surface area (Å²) in [5.41, 5.74) is 7.18. The Labute approximate surface area is 77.0 Å². The van der Waals surface area contributed by atoms with Crippen molar-refractivity contribution in [3.63, 3.8) is 0 Å². The molecule has 0 amide bonds. The minimum atomic E-state index is 0. The first kappa shape index (κ1) is 8.88. The molecule has 0 unspecified atom stereocenters. The second-order valence-electron chi connectivity index (χ2n) is 2.80. The summed E-state index contributed by atoms with van der Waals surface area (Å²) in [6.07, 6.45) is 5.22. The van der Waals surface area contributed by atoms with Gasteiger partial charge in [-0.3, -0.25) is 0 Å². The normalized spacial score (nSPS) is 15.3. The van der Waals surface area contributed by atoms with E-state index >= 15 is 0 Å². The predicted molar refractivity (Wildman–Crippen MR) is 52.6 cm³/mol. The van der Waals surface area contributed by atoms with Gasteiger partial charge in [0.05, 0.1) is 5.00 Å². The van der Waals surface area contributed by atoms with E-state index in [2.05, 4.69) is 6.07 Å². The SMILES string of the molecule is Cl.Nc1cc2c(s1)CCCC2. The summed E-state index contributed by atoms with van der Waals surface area (Å²) in [5, 5.41) is 0.993. The Morgan fingerprint density at radius 2 is 2.00 bits per heavy atom. The first-order valence-corrected chi connectivity index (χ1v) is 4.55. The lowest BCUT2D eigenvalue weighted by Gasteiger charge is -2.08. The molecule has 0 saturated carbocycles. The molecule has 1 aliphatic carbocycles. The number of hydrogen-bond donors (Lipinski definition) is 1. The summed E-state index contributed by atoms with van der Waals surface area (Å²) in [4.78, 5) is 1.53. The third kappa shape index (κ3) is 1.68. The number of hydrogen-bond acceptors (Lipinski definition) is 2.